The Morgan fingerprint density at radius 2 is 1.93 bits per heavy atom. The number of quaternary nitrogens is 1. The molecule has 2 N–H and O–H groups in total. The van der Waals surface area contributed by atoms with Crippen molar-refractivity contribution in [2.45, 2.75) is 19.9 Å². The molecule has 2 aromatic heterocycles. The summed E-state index contributed by atoms with van der Waals surface area (Å²) in [5, 5.41) is 3.75. The second-order valence-corrected chi connectivity index (χ2v) is 8.41. The Bertz CT molecular complexity index is 994. The smallest absolute Gasteiger partial charge is 0.291 e. The number of morpholine rings is 1. The monoisotopic (exact) mass is 415 g/mol. The molecular formula is C22H24FN2O3S+. The number of hydrogen-bond donors (Lipinski definition) is 2. The van der Waals surface area contributed by atoms with Crippen LogP contribution in [0, 0.1) is 19.7 Å². The van der Waals surface area contributed by atoms with Gasteiger partial charge < -0.3 is 19.4 Å². The molecule has 1 amide bonds. The minimum Gasteiger partial charge on any atom is -0.459 e. The third-order valence-electron chi connectivity index (χ3n) is 5.45. The predicted molar refractivity (Wildman–Crippen MR) is 110 cm³/mol. The van der Waals surface area contributed by atoms with Gasteiger partial charge >= 0.3 is 0 Å². The summed E-state index contributed by atoms with van der Waals surface area (Å²) in [5.74, 6) is -0.286. The van der Waals surface area contributed by atoms with Crippen LogP contribution in [0.5, 0.6) is 0 Å². The molecule has 3 heterocycles. The standard InChI is InChI=1S/C22H23FN2O3S/c1-14-15(2)29-22(24-21(26)18-8-5-11-28-18)19(14)20(25-9-12-27-13-10-25)16-6-3-4-7-17(16)23/h3-8,11,20H,9-10,12-13H2,1-2H3,(H,24,26)/p+1/t20-/m1/s1. The zero-order chi connectivity index (χ0) is 20.4. The van der Waals surface area contributed by atoms with Gasteiger partial charge in [-0.3, -0.25) is 4.79 Å². The maximum atomic E-state index is 14.9. The summed E-state index contributed by atoms with van der Waals surface area (Å²) in [6, 6.07) is 9.99. The molecule has 0 spiro atoms. The van der Waals surface area contributed by atoms with E-state index in [1.807, 2.05) is 26.0 Å². The molecule has 1 aromatic carbocycles. The normalized spacial score (nSPS) is 16.0. The Hall–Kier alpha value is -2.48. The molecule has 1 fully saturated rings. The first-order chi connectivity index (χ1) is 14.1. The van der Waals surface area contributed by atoms with Gasteiger partial charge in [-0.2, -0.15) is 0 Å². The summed E-state index contributed by atoms with van der Waals surface area (Å²) >= 11 is 1.52. The lowest BCUT2D eigenvalue weighted by atomic mass is 9.94. The van der Waals surface area contributed by atoms with Crippen LogP contribution >= 0.6 is 11.3 Å². The van der Waals surface area contributed by atoms with Gasteiger partial charge in [-0.15, -0.1) is 11.3 Å². The van der Waals surface area contributed by atoms with Gasteiger partial charge in [-0.1, -0.05) is 12.1 Å². The molecule has 1 aliphatic heterocycles. The van der Waals surface area contributed by atoms with Crippen molar-refractivity contribution in [1.82, 2.24) is 0 Å². The van der Waals surface area contributed by atoms with Gasteiger partial charge in [-0.25, -0.2) is 4.39 Å². The average Bonchev–Trinajstić information content (AvgIpc) is 3.35. The van der Waals surface area contributed by atoms with E-state index in [-0.39, 0.29) is 23.5 Å². The zero-order valence-corrected chi connectivity index (χ0v) is 17.3. The van der Waals surface area contributed by atoms with Gasteiger partial charge in [0.2, 0.25) is 0 Å². The van der Waals surface area contributed by atoms with Crippen LogP contribution in [0.4, 0.5) is 9.39 Å². The Morgan fingerprint density at radius 3 is 2.62 bits per heavy atom. The molecule has 7 heteroatoms. The van der Waals surface area contributed by atoms with E-state index < -0.39 is 0 Å². The maximum absolute atomic E-state index is 14.9. The lowest BCUT2D eigenvalue weighted by Gasteiger charge is -2.32. The molecule has 1 saturated heterocycles. The summed E-state index contributed by atoms with van der Waals surface area (Å²) in [6.45, 7) is 6.89. The fourth-order valence-electron chi connectivity index (χ4n) is 3.87. The van der Waals surface area contributed by atoms with Gasteiger partial charge in [0.1, 0.15) is 29.9 Å². The highest BCUT2D eigenvalue weighted by Crippen LogP contribution is 2.39. The van der Waals surface area contributed by atoms with Crippen molar-refractivity contribution in [3.8, 4) is 0 Å². The van der Waals surface area contributed by atoms with Gasteiger partial charge in [-0.05, 0) is 43.7 Å². The van der Waals surface area contributed by atoms with Gasteiger partial charge in [0.05, 0.1) is 25.0 Å². The Morgan fingerprint density at radius 1 is 1.17 bits per heavy atom. The topological polar surface area (TPSA) is 55.9 Å². The van der Waals surface area contributed by atoms with E-state index in [9.17, 15) is 9.18 Å². The summed E-state index contributed by atoms with van der Waals surface area (Å²) in [4.78, 5) is 15.0. The number of carbonyl (C=O) groups is 1. The Balaban J connectivity index is 1.79. The van der Waals surface area contributed by atoms with Crippen LogP contribution in [0.25, 0.3) is 0 Å². The number of halogens is 1. The van der Waals surface area contributed by atoms with Crippen molar-refractivity contribution in [2.24, 2.45) is 0 Å². The predicted octanol–water partition coefficient (Wildman–Crippen LogP) is 3.35. The molecule has 5 nitrogen and oxygen atoms in total. The lowest BCUT2D eigenvalue weighted by Crippen LogP contribution is -3.14. The summed E-state index contributed by atoms with van der Waals surface area (Å²) < 4.78 is 25.7. The van der Waals surface area contributed by atoms with E-state index in [2.05, 4.69) is 5.32 Å². The van der Waals surface area contributed by atoms with Crippen molar-refractivity contribution in [3.63, 3.8) is 0 Å². The first-order valence-electron chi connectivity index (χ1n) is 9.67. The van der Waals surface area contributed by atoms with Crippen LogP contribution in [-0.4, -0.2) is 32.2 Å². The van der Waals surface area contributed by atoms with E-state index in [1.54, 1.807) is 18.2 Å². The minimum absolute atomic E-state index is 0.225. The molecule has 0 radical (unpaired) electrons. The number of benzene rings is 1. The fraction of sp³-hybridized carbons (Fsp3) is 0.318. The summed E-state index contributed by atoms with van der Waals surface area (Å²) in [5.41, 5.74) is 2.69. The first kappa shape index (κ1) is 19.8. The zero-order valence-electron chi connectivity index (χ0n) is 16.5. The number of rotatable bonds is 5. The maximum Gasteiger partial charge on any atom is 0.291 e. The van der Waals surface area contributed by atoms with Crippen molar-refractivity contribution in [1.29, 1.82) is 0 Å². The quantitative estimate of drug-likeness (QED) is 0.672. The van der Waals surface area contributed by atoms with Crippen molar-refractivity contribution >= 4 is 22.2 Å². The van der Waals surface area contributed by atoms with Crippen molar-refractivity contribution in [3.05, 3.63) is 75.8 Å². The second kappa shape index (κ2) is 8.49. The molecule has 1 aliphatic rings. The molecule has 1 atom stereocenters. The third kappa shape index (κ3) is 3.99. The molecule has 29 heavy (non-hydrogen) atoms. The van der Waals surface area contributed by atoms with Crippen LogP contribution < -0.4 is 10.2 Å². The van der Waals surface area contributed by atoms with Gasteiger partial charge in [0.25, 0.3) is 5.91 Å². The average molecular weight is 416 g/mol. The number of aryl methyl sites for hydroxylation is 1. The van der Waals surface area contributed by atoms with Crippen molar-refractivity contribution in [2.75, 3.05) is 31.6 Å². The third-order valence-corrected chi connectivity index (χ3v) is 6.59. The van der Waals surface area contributed by atoms with Crippen LogP contribution in [0.1, 0.15) is 38.2 Å². The van der Waals surface area contributed by atoms with E-state index in [4.69, 9.17) is 9.15 Å². The fourth-order valence-corrected chi connectivity index (χ4v) is 4.96. The highest BCUT2D eigenvalue weighted by molar-refractivity contribution is 7.16. The molecule has 0 bridgehead atoms. The second-order valence-electron chi connectivity index (χ2n) is 7.18. The lowest BCUT2D eigenvalue weighted by molar-refractivity contribution is -0.933. The number of anilines is 1. The number of hydrogen-bond acceptors (Lipinski definition) is 4. The van der Waals surface area contributed by atoms with E-state index >= 15 is 0 Å². The molecule has 0 unspecified atom stereocenters. The van der Waals surface area contributed by atoms with Crippen LogP contribution in [0.15, 0.2) is 47.1 Å². The number of thiophene rings is 1. The number of amides is 1. The van der Waals surface area contributed by atoms with Gasteiger partial charge in [0.15, 0.2) is 5.76 Å². The van der Waals surface area contributed by atoms with E-state index in [0.717, 1.165) is 34.1 Å². The molecule has 4 rings (SSSR count). The first-order valence-corrected chi connectivity index (χ1v) is 10.5. The van der Waals surface area contributed by atoms with Crippen LogP contribution in [0.3, 0.4) is 0 Å². The number of furan rings is 1. The molecule has 152 valence electrons. The van der Waals surface area contributed by atoms with Crippen LogP contribution in [0.2, 0.25) is 0 Å². The Kier molecular flexibility index (Phi) is 5.80. The number of ether oxygens (including phenoxy) is 1. The van der Waals surface area contributed by atoms with Crippen LogP contribution in [-0.2, 0) is 4.74 Å². The molecule has 0 aliphatic carbocycles. The molecule has 0 saturated carbocycles. The minimum atomic E-state index is -0.304. The summed E-state index contributed by atoms with van der Waals surface area (Å²) in [7, 11) is 0. The number of carbonyl (C=O) groups excluding carboxylic acids is 1. The molecule has 3 aromatic rings. The summed E-state index contributed by atoms with van der Waals surface area (Å²) in [6.07, 6.45) is 1.47. The number of nitrogens with one attached hydrogen (secondary N) is 2. The van der Waals surface area contributed by atoms with Crippen molar-refractivity contribution < 1.29 is 23.2 Å². The SMILES string of the molecule is Cc1sc(NC(=O)c2ccco2)c([C@@H](c2ccccc2F)[NH+]2CCOCC2)c1C. The highest BCUT2D eigenvalue weighted by atomic mass is 32.1. The van der Waals surface area contributed by atoms with E-state index in [1.165, 1.54) is 28.6 Å². The van der Waals surface area contributed by atoms with Gasteiger partial charge in [0, 0.05) is 10.4 Å². The van der Waals surface area contributed by atoms with E-state index in [0.29, 0.717) is 18.8 Å². The highest BCUT2D eigenvalue weighted by Gasteiger charge is 2.35. The largest absolute Gasteiger partial charge is 0.459 e. The Labute approximate surface area is 173 Å². The molecular weight excluding hydrogens is 391 g/mol.